The molecule has 1 atom stereocenters. The Bertz CT molecular complexity index is 492. The normalized spacial score (nSPS) is 23.4. The lowest BCUT2D eigenvalue weighted by Crippen LogP contribution is -2.27. The highest BCUT2D eigenvalue weighted by Gasteiger charge is 2.41. The molecule has 1 heterocycles. The van der Waals surface area contributed by atoms with Gasteiger partial charge in [0, 0.05) is 24.8 Å². The zero-order valence-corrected chi connectivity index (χ0v) is 12.7. The number of hydrogen-bond donors (Lipinski definition) is 2. The van der Waals surface area contributed by atoms with Crippen LogP contribution in [0.1, 0.15) is 45.4 Å². The maximum absolute atomic E-state index is 11.0. The van der Waals surface area contributed by atoms with Crippen molar-refractivity contribution in [3.05, 3.63) is 24.3 Å². The van der Waals surface area contributed by atoms with Gasteiger partial charge in [-0.25, -0.2) is 0 Å². The summed E-state index contributed by atoms with van der Waals surface area (Å²) in [6, 6.07) is 7.81. The summed E-state index contributed by atoms with van der Waals surface area (Å²) in [6.45, 7) is 2.38. The molecule has 1 amide bonds. The lowest BCUT2D eigenvalue weighted by molar-refractivity contribution is -0.114. The molecule has 1 aromatic rings. The van der Waals surface area contributed by atoms with E-state index in [0.29, 0.717) is 6.10 Å². The molecule has 4 heteroatoms. The summed E-state index contributed by atoms with van der Waals surface area (Å²) in [5.74, 6) is -0.0445. The van der Waals surface area contributed by atoms with E-state index < -0.39 is 0 Å². The van der Waals surface area contributed by atoms with Crippen LogP contribution in [0.4, 0.5) is 11.4 Å². The predicted molar refractivity (Wildman–Crippen MR) is 84.5 cm³/mol. The van der Waals surface area contributed by atoms with E-state index in [4.69, 9.17) is 4.74 Å². The molecule has 3 rings (SSSR count). The Morgan fingerprint density at radius 3 is 2.52 bits per heavy atom. The third-order valence-electron chi connectivity index (χ3n) is 4.59. The van der Waals surface area contributed by atoms with Gasteiger partial charge in [-0.1, -0.05) is 12.8 Å². The van der Waals surface area contributed by atoms with Gasteiger partial charge in [-0.2, -0.15) is 0 Å². The Balaban J connectivity index is 1.48. The van der Waals surface area contributed by atoms with Crippen LogP contribution in [0.5, 0.6) is 0 Å². The van der Waals surface area contributed by atoms with E-state index in [2.05, 4.69) is 10.6 Å². The molecule has 1 unspecified atom stereocenters. The fourth-order valence-corrected chi connectivity index (χ4v) is 3.53. The molecule has 1 spiro atoms. The minimum absolute atomic E-state index is 0.0445. The summed E-state index contributed by atoms with van der Waals surface area (Å²) in [7, 11) is 0. The summed E-state index contributed by atoms with van der Waals surface area (Å²) in [5, 5.41) is 6.21. The third kappa shape index (κ3) is 3.56. The smallest absolute Gasteiger partial charge is 0.221 e. The molecule has 0 aromatic heterocycles. The number of anilines is 2. The summed E-state index contributed by atoms with van der Waals surface area (Å²) in [6.07, 6.45) is 7.86. The Morgan fingerprint density at radius 2 is 1.86 bits per heavy atom. The Hall–Kier alpha value is -1.55. The minimum Gasteiger partial charge on any atom is -0.382 e. The van der Waals surface area contributed by atoms with Crippen molar-refractivity contribution >= 4 is 17.3 Å². The number of ether oxygens (including phenoxy) is 1. The highest BCUT2D eigenvalue weighted by atomic mass is 16.5. The van der Waals surface area contributed by atoms with Crippen molar-refractivity contribution in [3.8, 4) is 0 Å². The molecule has 4 nitrogen and oxygen atoms in total. The van der Waals surface area contributed by atoms with Crippen LogP contribution in [0.25, 0.3) is 0 Å². The Labute approximate surface area is 126 Å². The summed E-state index contributed by atoms with van der Waals surface area (Å²) in [4.78, 5) is 11.0. The fraction of sp³-hybridized carbons (Fsp3) is 0.588. The van der Waals surface area contributed by atoms with Crippen LogP contribution >= 0.6 is 0 Å². The average molecular weight is 288 g/mol. The summed E-state index contributed by atoms with van der Waals surface area (Å²) < 4.78 is 6.29. The lowest BCUT2D eigenvalue weighted by Gasteiger charge is -2.24. The van der Waals surface area contributed by atoms with Crippen LogP contribution in [0.15, 0.2) is 24.3 Å². The number of benzene rings is 1. The van der Waals surface area contributed by atoms with Crippen LogP contribution in [0.2, 0.25) is 0 Å². The number of carbonyl (C=O) groups is 1. The van der Waals surface area contributed by atoms with Crippen molar-refractivity contribution < 1.29 is 9.53 Å². The number of carbonyl (C=O) groups excluding carboxylic acids is 1. The number of hydrogen-bond acceptors (Lipinski definition) is 3. The van der Waals surface area contributed by atoms with Gasteiger partial charge < -0.3 is 15.4 Å². The summed E-state index contributed by atoms with van der Waals surface area (Å²) in [5.41, 5.74) is 2.11. The van der Waals surface area contributed by atoms with E-state index in [1.54, 1.807) is 0 Å². The van der Waals surface area contributed by atoms with Gasteiger partial charge in [0.15, 0.2) is 0 Å². The first-order chi connectivity index (χ1) is 10.2. The second kappa shape index (κ2) is 6.06. The van der Waals surface area contributed by atoms with E-state index in [0.717, 1.165) is 24.3 Å². The van der Waals surface area contributed by atoms with Gasteiger partial charge >= 0.3 is 0 Å². The van der Waals surface area contributed by atoms with Gasteiger partial charge in [-0.05, 0) is 49.9 Å². The van der Waals surface area contributed by atoms with Crippen molar-refractivity contribution in [2.24, 2.45) is 0 Å². The minimum atomic E-state index is -0.0445. The van der Waals surface area contributed by atoms with E-state index >= 15 is 0 Å². The first kappa shape index (κ1) is 14.4. The van der Waals surface area contributed by atoms with Gasteiger partial charge in [-0.3, -0.25) is 4.79 Å². The molecular weight excluding hydrogens is 264 g/mol. The van der Waals surface area contributed by atoms with Crippen LogP contribution in [-0.4, -0.2) is 24.2 Å². The second-order valence-electron chi connectivity index (χ2n) is 6.31. The van der Waals surface area contributed by atoms with E-state index in [9.17, 15) is 4.79 Å². The molecule has 1 aliphatic heterocycles. The number of amides is 1. The van der Waals surface area contributed by atoms with Crippen LogP contribution in [-0.2, 0) is 9.53 Å². The average Bonchev–Trinajstić information content (AvgIpc) is 3.08. The molecular formula is C17H24N2O2. The van der Waals surface area contributed by atoms with Crippen molar-refractivity contribution in [1.82, 2.24) is 0 Å². The van der Waals surface area contributed by atoms with Gasteiger partial charge in [0.05, 0.1) is 11.7 Å². The van der Waals surface area contributed by atoms with E-state index in [1.807, 2.05) is 24.3 Å². The van der Waals surface area contributed by atoms with Gasteiger partial charge in [-0.15, -0.1) is 0 Å². The summed E-state index contributed by atoms with van der Waals surface area (Å²) >= 11 is 0. The first-order valence-electron chi connectivity index (χ1n) is 7.95. The number of nitrogens with one attached hydrogen (secondary N) is 2. The Kier molecular flexibility index (Phi) is 4.15. The van der Waals surface area contributed by atoms with Crippen molar-refractivity contribution in [3.63, 3.8) is 0 Å². The molecule has 21 heavy (non-hydrogen) atoms. The second-order valence-corrected chi connectivity index (χ2v) is 6.31. The monoisotopic (exact) mass is 288 g/mol. The molecule has 0 radical (unpaired) electrons. The fourth-order valence-electron chi connectivity index (χ4n) is 3.53. The molecule has 114 valence electrons. The predicted octanol–water partition coefficient (Wildman–Crippen LogP) is 3.55. The lowest BCUT2D eigenvalue weighted by atomic mass is 9.98. The molecule has 2 aliphatic rings. The molecule has 1 saturated carbocycles. The topological polar surface area (TPSA) is 50.4 Å². The highest BCUT2D eigenvalue weighted by Crippen LogP contribution is 2.43. The van der Waals surface area contributed by atoms with Crippen molar-refractivity contribution in [1.29, 1.82) is 0 Å². The Morgan fingerprint density at radius 1 is 1.19 bits per heavy atom. The third-order valence-corrected chi connectivity index (χ3v) is 4.59. The number of rotatable bonds is 4. The van der Waals surface area contributed by atoms with Gasteiger partial charge in [0.2, 0.25) is 5.91 Å². The quantitative estimate of drug-likeness (QED) is 0.891. The van der Waals surface area contributed by atoms with E-state index in [1.165, 1.54) is 39.0 Å². The molecule has 1 aromatic carbocycles. The van der Waals surface area contributed by atoms with Crippen LogP contribution < -0.4 is 10.6 Å². The van der Waals surface area contributed by atoms with Crippen molar-refractivity contribution in [2.45, 2.75) is 57.2 Å². The molecule has 2 fully saturated rings. The van der Waals surface area contributed by atoms with Gasteiger partial charge in [0.1, 0.15) is 0 Å². The standard InChI is InChI=1S/C17H24N2O2/c1-13(20)19-15-6-4-14(5-7-15)18-12-16-8-11-17(21-16)9-2-3-10-17/h4-7,16,18H,2-3,8-12H2,1H3,(H,19,20). The molecule has 1 aliphatic carbocycles. The highest BCUT2D eigenvalue weighted by molar-refractivity contribution is 5.88. The first-order valence-corrected chi connectivity index (χ1v) is 7.95. The van der Waals surface area contributed by atoms with Crippen LogP contribution in [0, 0.1) is 0 Å². The SMILES string of the molecule is CC(=O)Nc1ccc(NCC2CCC3(CCCC3)O2)cc1. The maximum Gasteiger partial charge on any atom is 0.221 e. The largest absolute Gasteiger partial charge is 0.382 e. The molecule has 2 N–H and O–H groups in total. The molecule has 0 bridgehead atoms. The zero-order valence-electron chi connectivity index (χ0n) is 12.7. The maximum atomic E-state index is 11.0. The van der Waals surface area contributed by atoms with E-state index in [-0.39, 0.29) is 11.5 Å². The van der Waals surface area contributed by atoms with Gasteiger partial charge in [0.25, 0.3) is 0 Å². The van der Waals surface area contributed by atoms with Crippen molar-refractivity contribution in [2.75, 3.05) is 17.2 Å². The van der Waals surface area contributed by atoms with Crippen LogP contribution in [0.3, 0.4) is 0 Å². The molecule has 1 saturated heterocycles. The zero-order chi connectivity index (χ0) is 14.7.